The Morgan fingerprint density at radius 1 is 1.30 bits per heavy atom. The number of hydrogen-bond acceptors (Lipinski definition) is 6. The predicted octanol–water partition coefficient (Wildman–Crippen LogP) is 4.47. The van der Waals surface area contributed by atoms with Crippen molar-refractivity contribution in [3.63, 3.8) is 0 Å². The molecule has 2 unspecified atom stereocenters. The second kappa shape index (κ2) is 8.43. The van der Waals surface area contributed by atoms with E-state index in [0.717, 1.165) is 35.1 Å². The Hall–Kier alpha value is -2.54. The Labute approximate surface area is 159 Å². The fourth-order valence-corrected chi connectivity index (χ4v) is 3.33. The molecule has 0 aliphatic carbocycles. The number of hydrogen-bond donors (Lipinski definition) is 1. The molecule has 0 saturated carbocycles. The molecule has 27 heavy (non-hydrogen) atoms. The maximum atomic E-state index is 12.3. The number of ether oxygens (including phenoxy) is 3. The van der Waals surface area contributed by atoms with Crippen molar-refractivity contribution in [1.29, 1.82) is 0 Å². The van der Waals surface area contributed by atoms with E-state index in [4.69, 9.17) is 14.2 Å². The van der Waals surface area contributed by atoms with Crippen molar-refractivity contribution < 1.29 is 19.0 Å². The van der Waals surface area contributed by atoms with Crippen LogP contribution in [0.1, 0.15) is 39.8 Å². The molecule has 2 aromatic rings. The number of methoxy groups -OCH3 is 1. The highest BCUT2D eigenvalue weighted by Gasteiger charge is 2.33. The van der Waals surface area contributed by atoms with Crippen LogP contribution in [0.15, 0.2) is 35.5 Å². The van der Waals surface area contributed by atoms with E-state index in [9.17, 15) is 4.79 Å². The van der Waals surface area contributed by atoms with Crippen LogP contribution in [0, 0.1) is 5.92 Å². The van der Waals surface area contributed by atoms with Crippen LogP contribution in [0.3, 0.4) is 0 Å². The summed E-state index contributed by atoms with van der Waals surface area (Å²) in [6.07, 6.45) is 0.418. The van der Waals surface area contributed by atoms with E-state index in [1.165, 1.54) is 0 Å². The van der Waals surface area contributed by atoms with Crippen LogP contribution in [0.5, 0.6) is 0 Å². The lowest BCUT2D eigenvalue weighted by atomic mass is 9.96. The highest BCUT2D eigenvalue weighted by Crippen LogP contribution is 2.39. The number of para-hydroxylation sites is 2. The summed E-state index contributed by atoms with van der Waals surface area (Å²) in [6, 6.07) is 7.82. The summed E-state index contributed by atoms with van der Waals surface area (Å²) in [7, 11) is 1.56. The van der Waals surface area contributed by atoms with Gasteiger partial charge in [0.1, 0.15) is 6.61 Å². The summed E-state index contributed by atoms with van der Waals surface area (Å²) in [6.45, 7) is 6.84. The summed E-state index contributed by atoms with van der Waals surface area (Å²) in [5.41, 5.74) is 3.85. The van der Waals surface area contributed by atoms with Gasteiger partial charge in [0.25, 0.3) is 0 Å². The second-order valence-electron chi connectivity index (χ2n) is 6.58. The van der Waals surface area contributed by atoms with Crippen LogP contribution in [-0.4, -0.2) is 36.0 Å². The van der Waals surface area contributed by atoms with Gasteiger partial charge in [0, 0.05) is 18.4 Å². The Morgan fingerprint density at radius 2 is 2.07 bits per heavy atom. The number of carbonyl (C=O) groups excluding carboxylic acids is 1. The number of fused-ring (bicyclic) bond motifs is 3. The summed E-state index contributed by atoms with van der Waals surface area (Å²) >= 11 is 0. The van der Waals surface area contributed by atoms with Crippen LogP contribution in [0.25, 0.3) is 11.0 Å². The molecule has 1 aromatic carbocycles. The molecule has 0 radical (unpaired) electrons. The first-order valence-electron chi connectivity index (χ1n) is 9.39. The van der Waals surface area contributed by atoms with Crippen molar-refractivity contribution in [1.82, 2.24) is 9.55 Å². The van der Waals surface area contributed by atoms with E-state index in [1.807, 2.05) is 28.8 Å². The van der Waals surface area contributed by atoms with Gasteiger partial charge in [0.05, 0.1) is 17.6 Å². The molecular formula is C20H27N3O4. The van der Waals surface area contributed by atoms with Gasteiger partial charge in [-0.05, 0) is 30.9 Å². The number of carbonyl (C=O) groups is 1. The first kappa shape index (κ1) is 19.2. The third-order valence-corrected chi connectivity index (χ3v) is 4.92. The quantitative estimate of drug-likeness (QED) is 0.570. The van der Waals surface area contributed by atoms with Gasteiger partial charge in [-0.3, -0.25) is 4.57 Å². The van der Waals surface area contributed by atoms with E-state index in [0.29, 0.717) is 18.5 Å². The number of nitrogens with one attached hydrogen (secondary N) is 1. The first-order chi connectivity index (χ1) is 13.1. The molecule has 0 saturated heterocycles. The minimum atomic E-state index is -0.711. The Kier molecular flexibility index (Phi) is 6.01. The van der Waals surface area contributed by atoms with Gasteiger partial charge in [-0.25, -0.2) is 9.78 Å². The highest BCUT2D eigenvalue weighted by molar-refractivity contribution is 5.80. The highest BCUT2D eigenvalue weighted by atomic mass is 16.7. The zero-order chi connectivity index (χ0) is 19.4. The van der Waals surface area contributed by atoms with Crippen LogP contribution in [0.4, 0.5) is 10.7 Å². The second-order valence-corrected chi connectivity index (χ2v) is 6.58. The largest absolute Gasteiger partial charge is 0.510 e. The molecular weight excluding hydrogens is 346 g/mol. The van der Waals surface area contributed by atoms with Gasteiger partial charge in [-0.1, -0.05) is 32.9 Å². The Morgan fingerprint density at radius 3 is 2.78 bits per heavy atom. The third kappa shape index (κ3) is 3.78. The summed E-state index contributed by atoms with van der Waals surface area (Å²) in [4.78, 5) is 17.0. The third-order valence-electron chi connectivity index (χ3n) is 4.92. The van der Waals surface area contributed by atoms with Crippen molar-refractivity contribution >= 4 is 23.1 Å². The van der Waals surface area contributed by atoms with Crippen LogP contribution in [-0.2, 0) is 14.2 Å². The molecule has 7 heteroatoms. The lowest BCUT2D eigenvalue weighted by molar-refractivity contribution is 0.000242. The van der Waals surface area contributed by atoms with E-state index in [1.54, 1.807) is 7.11 Å². The topological polar surface area (TPSA) is 74.6 Å². The van der Waals surface area contributed by atoms with Gasteiger partial charge in [-0.2, -0.15) is 0 Å². The maximum absolute atomic E-state index is 12.3. The molecule has 3 rings (SSSR count). The van der Waals surface area contributed by atoms with E-state index in [-0.39, 0.29) is 6.61 Å². The average Bonchev–Trinajstić information content (AvgIpc) is 3.05. The molecule has 0 bridgehead atoms. The number of rotatable bonds is 7. The van der Waals surface area contributed by atoms with Gasteiger partial charge in [0.15, 0.2) is 0 Å². The number of imidazole rings is 1. The van der Waals surface area contributed by atoms with Crippen molar-refractivity contribution in [2.45, 2.75) is 39.8 Å². The number of benzene rings is 1. The molecule has 0 fully saturated rings. The molecule has 1 aliphatic heterocycles. The number of nitrogens with zero attached hydrogens (tertiary/aromatic N) is 2. The Balaban J connectivity index is 2.02. The first-order valence-corrected chi connectivity index (χ1v) is 9.39. The zero-order valence-electron chi connectivity index (χ0n) is 16.3. The average molecular weight is 373 g/mol. The lowest BCUT2D eigenvalue weighted by Gasteiger charge is -2.32. The lowest BCUT2D eigenvalue weighted by Crippen LogP contribution is -2.30. The van der Waals surface area contributed by atoms with Crippen LogP contribution >= 0.6 is 0 Å². The van der Waals surface area contributed by atoms with E-state index in [2.05, 4.69) is 31.1 Å². The minimum absolute atomic E-state index is 0.154. The summed E-state index contributed by atoms with van der Waals surface area (Å²) in [5, 5.41) is 3.47. The van der Waals surface area contributed by atoms with E-state index >= 15 is 0 Å². The van der Waals surface area contributed by atoms with Gasteiger partial charge in [0.2, 0.25) is 12.2 Å². The van der Waals surface area contributed by atoms with Crippen LogP contribution < -0.4 is 5.32 Å². The van der Waals surface area contributed by atoms with Crippen LogP contribution in [0.2, 0.25) is 0 Å². The normalized spacial score (nSPS) is 17.4. The number of anilines is 1. The fraction of sp³-hybridized carbons (Fsp3) is 0.500. The molecule has 1 N–H and O–H groups in total. The molecule has 1 aliphatic rings. The number of aromatic nitrogens is 2. The predicted molar refractivity (Wildman–Crippen MR) is 103 cm³/mol. The SMILES string of the molecule is CCC1=C(C(C)CC)Nc2nc3ccccc3n2C1OC(=O)OCCOC. The molecule has 146 valence electrons. The molecule has 2 atom stereocenters. The van der Waals surface area contributed by atoms with Crippen molar-refractivity contribution in [3.8, 4) is 0 Å². The summed E-state index contributed by atoms with van der Waals surface area (Å²) in [5.74, 6) is 0.975. The summed E-state index contributed by atoms with van der Waals surface area (Å²) < 4.78 is 17.8. The molecule has 0 amide bonds. The molecule has 7 nitrogen and oxygen atoms in total. The van der Waals surface area contributed by atoms with Gasteiger partial charge in [-0.15, -0.1) is 0 Å². The monoisotopic (exact) mass is 373 g/mol. The standard InChI is InChI=1S/C20H27N3O4/c1-5-13(3)17-14(6-2)18(27-20(24)26-12-11-25-4)23-16-10-8-7-9-15(16)21-19(23)22-17/h7-10,13,18H,5-6,11-12H2,1-4H3,(H,21,22). The number of allylic oxidation sites excluding steroid dienone is 1. The molecule has 0 spiro atoms. The maximum Gasteiger partial charge on any atom is 0.510 e. The molecule has 1 aromatic heterocycles. The van der Waals surface area contributed by atoms with E-state index < -0.39 is 12.4 Å². The fourth-order valence-electron chi connectivity index (χ4n) is 3.33. The molecule has 2 heterocycles. The zero-order valence-corrected chi connectivity index (χ0v) is 16.3. The van der Waals surface area contributed by atoms with Gasteiger partial charge < -0.3 is 19.5 Å². The van der Waals surface area contributed by atoms with Crippen molar-refractivity contribution in [2.75, 3.05) is 25.6 Å². The smallest absolute Gasteiger partial charge is 0.432 e. The van der Waals surface area contributed by atoms with Gasteiger partial charge >= 0.3 is 6.16 Å². The van der Waals surface area contributed by atoms with Crippen molar-refractivity contribution in [3.05, 3.63) is 35.5 Å². The Bertz CT molecular complexity index is 843. The van der Waals surface area contributed by atoms with Crippen molar-refractivity contribution in [2.24, 2.45) is 5.92 Å². The minimum Gasteiger partial charge on any atom is -0.432 e.